The van der Waals surface area contributed by atoms with E-state index in [4.69, 9.17) is 9.40 Å². The Kier molecular flexibility index (Phi) is 8.96. The molecule has 5 heteroatoms. The van der Waals surface area contributed by atoms with Crippen LogP contribution < -0.4 is 0 Å². The Bertz CT molecular complexity index is 2110. The summed E-state index contributed by atoms with van der Waals surface area (Å²) in [6.45, 7) is 17.2. The maximum Gasteiger partial charge on any atom is 0.121 e. The van der Waals surface area contributed by atoms with Crippen LogP contribution in [0, 0.1) is 46.8 Å². The number of thiophene rings is 1. The zero-order valence-electron chi connectivity index (χ0n) is 26.5. The molecule has 225 valence electrons. The van der Waals surface area contributed by atoms with Crippen LogP contribution in [0.4, 0.5) is 0 Å². The Hall–Kier alpha value is -3.63. The molecule has 0 aliphatic rings. The van der Waals surface area contributed by atoms with Crippen LogP contribution in [0.15, 0.2) is 77.5 Å². The monoisotopic (exact) mass is 773 g/mol. The van der Waals surface area contributed by atoms with Crippen molar-refractivity contribution < 1.29 is 24.5 Å². The van der Waals surface area contributed by atoms with Crippen LogP contribution in [0.1, 0.15) is 53.5 Å². The van der Waals surface area contributed by atoms with E-state index in [1.165, 1.54) is 48.2 Å². The van der Waals surface area contributed by atoms with E-state index in [1.54, 1.807) is 0 Å². The molecule has 3 nitrogen and oxygen atoms in total. The van der Waals surface area contributed by atoms with Crippen LogP contribution >= 0.6 is 11.3 Å². The van der Waals surface area contributed by atoms with Crippen molar-refractivity contribution in [2.24, 2.45) is 0 Å². The van der Waals surface area contributed by atoms with E-state index in [0.717, 1.165) is 39.1 Å². The van der Waals surface area contributed by atoms with Gasteiger partial charge in [-0.15, -0.1) is 64.9 Å². The van der Waals surface area contributed by atoms with Crippen molar-refractivity contribution in [1.29, 1.82) is 0 Å². The molecule has 0 aliphatic carbocycles. The van der Waals surface area contributed by atoms with E-state index >= 15 is 0 Å². The molecule has 4 heterocycles. The normalized spacial score (nSPS) is 11.5. The standard InChI is InChI=1S/C25H22NOS.C14H14N.Ir/c1-14-13-26-20(12-19(14)25(3,4)5)16-7-6-8-17-23-18-11-15(2)28-22(18)10-9-21(23)27-24(16)17;1-10-4-6-13(7-5-10)14-8-11(2)12(3)9-15-14;/h6,8-13H,1-5H3;4-6,8-9H,1-3H3;/q2*-1;. The molecule has 0 saturated carbocycles. The topological polar surface area (TPSA) is 38.9 Å². The summed E-state index contributed by atoms with van der Waals surface area (Å²) >= 11 is 1.82. The molecular weight excluding hydrogens is 737 g/mol. The Morgan fingerprint density at radius 2 is 1.50 bits per heavy atom. The zero-order chi connectivity index (χ0) is 30.5. The maximum atomic E-state index is 6.34. The fourth-order valence-corrected chi connectivity index (χ4v) is 6.50. The number of nitrogens with zero attached hydrogens (tertiary/aromatic N) is 2. The fourth-order valence-electron chi connectivity index (χ4n) is 5.57. The van der Waals surface area contributed by atoms with Crippen LogP contribution in [-0.4, -0.2) is 9.97 Å². The van der Waals surface area contributed by atoms with Gasteiger partial charge in [0.1, 0.15) is 5.58 Å². The van der Waals surface area contributed by atoms with Crippen LogP contribution in [0.2, 0.25) is 0 Å². The van der Waals surface area contributed by atoms with E-state index in [9.17, 15) is 0 Å². The number of pyridine rings is 2. The second-order valence-corrected chi connectivity index (χ2v) is 13.8. The number of furan rings is 1. The number of benzene rings is 3. The van der Waals surface area contributed by atoms with Gasteiger partial charge in [0, 0.05) is 52.8 Å². The van der Waals surface area contributed by atoms with Gasteiger partial charge >= 0.3 is 0 Å². The van der Waals surface area contributed by atoms with Gasteiger partial charge in [0.2, 0.25) is 0 Å². The first-order chi connectivity index (χ1) is 20.5. The molecule has 0 atom stereocenters. The Morgan fingerprint density at radius 3 is 2.20 bits per heavy atom. The molecule has 3 aromatic carbocycles. The van der Waals surface area contributed by atoms with Gasteiger partial charge in [0.25, 0.3) is 0 Å². The summed E-state index contributed by atoms with van der Waals surface area (Å²) in [5.41, 5.74) is 12.0. The van der Waals surface area contributed by atoms with Gasteiger partial charge in [-0.3, -0.25) is 0 Å². The van der Waals surface area contributed by atoms with Crippen molar-refractivity contribution in [1.82, 2.24) is 9.97 Å². The molecule has 0 saturated heterocycles. The number of hydrogen-bond acceptors (Lipinski definition) is 4. The SMILES string of the molecule is Cc1c[c-]c(-c2cc(C)c(C)cn2)cc1.Cc1cc2c(ccc3oc4c(-c5cc(C(C)(C)C)c(C)cn5)[c-]ccc4c32)s1.[Ir]. The minimum Gasteiger partial charge on any atom is -0.501 e. The van der Waals surface area contributed by atoms with Crippen LogP contribution in [0.3, 0.4) is 0 Å². The van der Waals surface area contributed by atoms with Crippen molar-refractivity contribution in [3.05, 3.63) is 118 Å². The van der Waals surface area contributed by atoms with Crippen molar-refractivity contribution in [3.63, 3.8) is 0 Å². The molecule has 4 aromatic heterocycles. The first-order valence-corrected chi connectivity index (χ1v) is 15.5. The van der Waals surface area contributed by atoms with Gasteiger partial charge in [-0.1, -0.05) is 56.3 Å². The van der Waals surface area contributed by atoms with Gasteiger partial charge in [-0.25, -0.2) is 0 Å². The molecule has 0 spiro atoms. The average Bonchev–Trinajstić information content (AvgIpc) is 3.54. The third kappa shape index (κ3) is 6.15. The number of rotatable bonds is 2. The van der Waals surface area contributed by atoms with E-state index < -0.39 is 0 Å². The number of hydrogen-bond donors (Lipinski definition) is 0. The molecule has 1 radical (unpaired) electrons. The third-order valence-corrected chi connectivity index (χ3v) is 9.02. The Morgan fingerprint density at radius 1 is 0.750 bits per heavy atom. The van der Waals surface area contributed by atoms with Crippen molar-refractivity contribution in [2.75, 3.05) is 0 Å². The summed E-state index contributed by atoms with van der Waals surface area (Å²) < 4.78 is 7.64. The largest absolute Gasteiger partial charge is 0.501 e. The van der Waals surface area contributed by atoms with Crippen molar-refractivity contribution >= 4 is 43.4 Å². The number of fused-ring (bicyclic) bond motifs is 5. The van der Waals surface area contributed by atoms with Crippen LogP contribution in [0.5, 0.6) is 0 Å². The van der Waals surface area contributed by atoms with Crippen LogP contribution in [-0.2, 0) is 25.5 Å². The first-order valence-electron chi connectivity index (χ1n) is 14.6. The Balaban J connectivity index is 0.000000204. The smallest absolute Gasteiger partial charge is 0.121 e. The average molecular weight is 773 g/mol. The molecular formula is C39H36IrN2OS-2. The molecule has 44 heavy (non-hydrogen) atoms. The number of aryl methyl sites for hydroxylation is 5. The van der Waals surface area contributed by atoms with Crippen LogP contribution in [0.25, 0.3) is 54.5 Å². The predicted molar refractivity (Wildman–Crippen MR) is 182 cm³/mol. The summed E-state index contributed by atoms with van der Waals surface area (Å²) in [5.74, 6) is 0. The minimum atomic E-state index is 0. The quantitative estimate of drug-likeness (QED) is 0.164. The fraction of sp³-hybridized carbons (Fsp3) is 0.231. The Labute approximate surface area is 277 Å². The van der Waals surface area contributed by atoms with E-state index in [2.05, 4.69) is 121 Å². The molecule has 0 fully saturated rings. The van der Waals surface area contributed by atoms with E-state index in [-0.39, 0.29) is 25.5 Å². The predicted octanol–water partition coefficient (Wildman–Crippen LogP) is 11.0. The van der Waals surface area contributed by atoms with Gasteiger partial charge < -0.3 is 14.4 Å². The molecule has 0 bridgehead atoms. The van der Waals surface area contributed by atoms with Gasteiger partial charge in [0.05, 0.1) is 5.58 Å². The molecule has 7 aromatic rings. The summed E-state index contributed by atoms with van der Waals surface area (Å²) in [7, 11) is 0. The van der Waals surface area contributed by atoms with E-state index in [0.29, 0.717) is 0 Å². The van der Waals surface area contributed by atoms with Gasteiger partial charge in [-0.05, 0) is 79.4 Å². The molecule has 0 N–H and O–H groups in total. The molecule has 0 unspecified atom stereocenters. The van der Waals surface area contributed by atoms with Gasteiger partial charge in [-0.2, -0.15) is 0 Å². The summed E-state index contributed by atoms with van der Waals surface area (Å²) in [6.07, 6.45) is 3.88. The van der Waals surface area contributed by atoms with Gasteiger partial charge in [0.15, 0.2) is 0 Å². The first kappa shape index (κ1) is 31.8. The maximum absolute atomic E-state index is 6.34. The third-order valence-electron chi connectivity index (χ3n) is 8.00. The molecule has 7 rings (SSSR count). The van der Waals surface area contributed by atoms with E-state index in [1.807, 2.05) is 35.9 Å². The molecule has 0 aliphatic heterocycles. The minimum absolute atomic E-state index is 0. The van der Waals surface area contributed by atoms with Crippen molar-refractivity contribution in [2.45, 2.75) is 60.8 Å². The summed E-state index contributed by atoms with van der Waals surface area (Å²) in [5, 5.41) is 3.59. The molecule has 0 amide bonds. The summed E-state index contributed by atoms with van der Waals surface area (Å²) in [4.78, 5) is 10.4. The second-order valence-electron chi connectivity index (χ2n) is 12.5. The zero-order valence-corrected chi connectivity index (χ0v) is 29.7. The number of aromatic nitrogens is 2. The van der Waals surface area contributed by atoms with Crippen molar-refractivity contribution in [3.8, 4) is 22.5 Å². The summed E-state index contributed by atoms with van der Waals surface area (Å²) in [6, 6.07) is 27.7. The second kappa shape index (κ2) is 12.4.